The van der Waals surface area contributed by atoms with Gasteiger partial charge < -0.3 is 10.1 Å². The number of nitrogens with zero attached hydrogens (tertiary/aromatic N) is 2. The molecule has 1 aliphatic rings. The number of hydrogen-bond acceptors (Lipinski definition) is 4. The summed E-state index contributed by atoms with van der Waals surface area (Å²) in [6, 6.07) is 0.850. The average Bonchev–Trinajstić information content (AvgIpc) is 3.00. The van der Waals surface area contributed by atoms with Gasteiger partial charge in [-0.05, 0) is 12.3 Å². The first-order valence-electron chi connectivity index (χ1n) is 5.07. The molecule has 1 fully saturated rings. The van der Waals surface area contributed by atoms with Crippen LogP contribution in [0.15, 0.2) is 6.20 Å². The van der Waals surface area contributed by atoms with Crippen molar-refractivity contribution in [1.29, 1.82) is 0 Å². The van der Waals surface area contributed by atoms with Gasteiger partial charge in [0, 0.05) is 6.04 Å². The average molecular weight is 228 g/mol. The van der Waals surface area contributed by atoms with Gasteiger partial charge in [0.2, 0.25) is 0 Å². The number of ether oxygens (including phenoxy) is 1. The van der Waals surface area contributed by atoms with Crippen molar-refractivity contribution in [2.24, 2.45) is 5.92 Å². The van der Waals surface area contributed by atoms with E-state index in [1.54, 1.807) is 13.3 Å². The quantitative estimate of drug-likeness (QED) is 0.858. The topological polar surface area (TPSA) is 47.0 Å². The van der Waals surface area contributed by atoms with Crippen LogP contribution < -0.4 is 10.1 Å². The minimum Gasteiger partial charge on any atom is -0.467 e. The highest BCUT2D eigenvalue weighted by Crippen LogP contribution is 2.37. The lowest BCUT2D eigenvalue weighted by Crippen LogP contribution is -2.07. The van der Waals surface area contributed by atoms with Crippen LogP contribution in [0.3, 0.4) is 0 Å². The van der Waals surface area contributed by atoms with E-state index in [4.69, 9.17) is 16.3 Å². The Bertz CT molecular complexity index is 359. The van der Waals surface area contributed by atoms with Crippen molar-refractivity contribution in [3.8, 4) is 6.01 Å². The zero-order valence-corrected chi connectivity index (χ0v) is 9.58. The van der Waals surface area contributed by atoms with Crippen LogP contribution in [0.2, 0.25) is 5.02 Å². The second-order valence-corrected chi connectivity index (χ2v) is 4.12. The first-order chi connectivity index (χ1) is 7.24. The number of halogens is 1. The third-order valence-corrected chi connectivity index (χ3v) is 2.95. The fraction of sp³-hybridized carbons (Fsp3) is 0.600. The minimum atomic E-state index is 0.343. The van der Waals surface area contributed by atoms with Crippen LogP contribution in [-0.4, -0.2) is 23.1 Å². The summed E-state index contributed by atoms with van der Waals surface area (Å²) in [7, 11) is 1.54. The largest absolute Gasteiger partial charge is 0.467 e. The van der Waals surface area contributed by atoms with Crippen LogP contribution in [0.4, 0.5) is 5.82 Å². The van der Waals surface area contributed by atoms with Crippen LogP contribution in [0, 0.1) is 5.92 Å². The van der Waals surface area contributed by atoms with Gasteiger partial charge in [-0.3, -0.25) is 0 Å². The maximum Gasteiger partial charge on any atom is 0.318 e. The molecule has 1 heterocycles. The predicted molar refractivity (Wildman–Crippen MR) is 59.4 cm³/mol. The Labute approximate surface area is 94.0 Å². The van der Waals surface area contributed by atoms with Gasteiger partial charge in [0.05, 0.1) is 13.3 Å². The van der Waals surface area contributed by atoms with E-state index in [9.17, 15) is 0 Å². The van der Waals surface area contributed by atoms with E-state index >= 15 is 0 Å². The molecule has 0 radical (unpaired) electrons. The van der Waals surface area contributed by atoms with Crippen LogP contribution in [0.5, 0.6) is 6.01 Å². The van der Waals surface area contributed by atoms with Crippen LogP contribution in [0.25, 0.3) is 0 Å². The monoisotopic (exact) mass is 227 g/mol. The van der Waals surface area contributed by atoms with Crippen molar-refractivity contribution < 1.29 is 4.74 Å². The predicted octanol–water partition coefficient (Wildman–Crippen LogP) is 2.35. The first-order valence-corrected chi connectivity index (χ1v) is 5.45. The van der Waals surface area contributed by atoms with Crippen molar-refractivity contribution in [3.05, 3.63) is 11.2 Å². The molecule has 2 unspecified atom stereocenters. The van der Waals surface area contributed by atoms with E-state index in [0.29, 0.717) is 22.9 Å². The highest BCUT2D eigenvalue weighted by molar-refractivity contribution is 6.32. The summed E-state index contributed by atoms with van der Waals surface area (Å²) in [5.41, 5.74) is 0. The molecule has 1 N–H and O–H groups in total. The van der Waals surface area contributed by atoms with Crippen LogP contribution >= 0.6 is 11.6 Å². The molecule has 15 heavy (non-hydrogen) atoms. The lowest BCUT2D eigenvalue weighted by molar-refractivity contribution is 0.380. The summed E-state index contributed by atoms with van der Waals surface area (Å²) in [6.07, 6.45) is 3.94. The normalized spacial score (nSPS) is 23.7. The van der Waals surface area contributed by atoms with E-state index < -0.39 is 0 Å². The number of hydrogen-bond donors (Lipinski definition) is 1. The molecule has 0 aliphatic heterocycles. The number of anilines is 1. The zero-order valence-electron chi connectivity index (χ0n) is 8.83. The SMILES string of the molecule is CCC1CC1Nc1nc(OC)ncc1Cl. The molecule has 5 heteroatoms. The number of rotatable bonds is 4. The molecule has 0 amide bonds. The molecule has 0 spiro atoms. The van der Waals surface area contributed by atoms with Gasteiger partial charge in [-0.1, -0.05) is 24.9 Å². The molecular weight excluding hydrogens is 214 g/mol. The molecule has 1 aromatic heterocycles. The Morgan fingerprint density at radius 2 is 2.47 bits per heavy atom. The molecule has 1 aliphatic carbocycles. The van der Waals surface area contributed by atoms with E-state index in [0.717, 1.165) is 5.92 Å². The zero-order chi connectivity index (χ0) is 10.8. The second-order valence-electron chi connectivity index (χ2n) is 3.71. The third-order valence-electron chi connectivity index (χ3n) is 2.67. The minimum absolute atomic E-state index is 0.343. The number of nitrogens with one attached hydrogen (secondary N) is 1. The molecule has 1 aromatic rings. The molecule has 0 saturated heterocycles. The van der Waals surface area contributed by atoms with Gasteiger partial charge in [0.1, 0.15) is 5.02 Å². The van der Waals surface area contributed by atoms with Gasteiger partial charge >= 0.3 is 6.01 Å². The van der Waals surface area contributed by atoms with E-state index in [2.05, 4.69) is 22.2 Å². The highest BCUT2D eigenvalue weighted by Gasteiger charge is 2.35. The van der Waals surface area contributed by atoms with Gasteiger partial charge in [0.25, 0.3) is 0 Å². The van der Waals surface area contributed by atoms with Gasteiger partial charge in [0.15, 0.2) is 5.82 Å². The van der Waals surface area contributed by atoms with E-state index in [1.807, 2.05) is 0 Å². The molecule has 4 nitrogen and oxygen atoms in total. The Morgan fingerprint density at radius 3 is 3.07 bits per heavy atom. The van der Waals surface area contributed by atoms with Crippen LogP contribution in [0.1, 0.15) is 19.8 Å². The Hall–Kier alpha value is -1.03. The van der Waals surface area contributed by atoms with Crippen molar-refractivity contribution in [3.63, 3.8) is 0 Å². The summed E-state index contributed by atoms with van der Waals surface area (Å²) < 4.78 is 4.94. The first kappa shape index (κ1) is 10.5. The molecule has 82 valence electrons. The maximum absolute atomic E-state index is 5.97. The summed E-state index contributed by atoms with van der Waals surface area (Å²) >= 11 is 5.97. The number of aromatic nitrogens is 2. The third kappa shape index (κ3) is 2.31. The lowest BCUT2D eigenvalue weighted by atomic mass is 10.3. The Morgan fingerprint density at radius 1 is 1.67 bits per heavy atom. The molecular formula is C10H14ClN3O. The molecule has 1 saturated carbocycles. The molecule has 0 bridgehead atoms. The number of methoxy groups -OCH3 is 1. The summed E-state index contributed by atoms with van der Waals surface area (Å²) in [5.74, 6) is 1.42. The summed E-state index contributed by atoms with van der Waals surface area (Å²) in [4.78, 5) is 8.08. The molecule has 2 rings (SSSR count). The Kier molecular flexibility index (Phi) is 2.95. The Balaban J connectivity index is 2.07. The van der Waals surface area contributed by atoms with E-state index in [1.165, 1.54) is 12.8 Å². The van der Waals surface area contributed by atoms with Crippen molar-refractivity contribution in [1.82, 2.24) is 9.97 Å². The smallest absolute Gasteiger partial charge is 0.318 e. The van der Waals surface area contributed by atoms with Crippen molar-refractivity contribution >= 4 is 17.4 Å². The fourth-order valence-corrected chi connectivity index (χ4v) is 1.75. The van der Waals surface area contributed by atoms with Crippen molar-refractivity contribution in [2.75, 3.05) is 12.4 Å². The lowest BCUT2D eigenvalue weighted by Gasteiger charge is -2.07. The summed E-state index contributed by atoms with van der Waals surface area (Å²) in [6.45, 7) is 2.19. The second kappa shape index (κ2) is 4.23. The summed E-state index contributed by atoms with van der Waals surface area (Å²) in [5, 5.41) is 3.84. The highest BCUT2D eigenvalue weighted by atomic mass is 35.5. The van der Waals surface area contributed by atoms with Crippen LogP contribution in [-0.2, 0) is 0 Å². The molecule has 2 atom stereocenters. The van der Waals surface area contributed by atoms with Gasteiger partial charge in [-0.15, -0.1) is 0 Å². The maximum atomic E-state index is 5.97. The molecule has 0 aromatic carbocycles. The van der Waals surface area contributed by atoms with Gasteiger partial charge in [-0.25, -0.2) is 4.98 Å². The van der Waals surface area contributed by atoms with Gasteiger partial charge in [-0.2, -0.15) is 4.98 Å². The van der Waals surface area contributed by atoms with E-state index in [-0.39, 0.29) is 0 Å². The fourth-order valence-electron chi connectivity index (χ4n) is 1.60. The van der Waals surface area contributed by atoms with Crippen molar-refractivity contribution in [2.45, 2.75) is 25.8 Å². The standard InChI is InChI=1S/C10H14ClN3O/c1-3-6-4-8(6)13-9-7(11)5-12-10(14-9)15-2/h5-6,8H,3-4H2,1-2H3,(H,12,13,14).